The molecule has 2 aromatic rings. The molecule has 1 N–H and O–H groups in total. The minimum atomic E-state index is -0.117. The van der Waals surface area contributed by atoms with E-state index >= 15 is 0 Å². The van der Waals surface area contributed by atoms with Gasteiger partial charge in [0.05, 0.1) is 13.2 Å². The number of rotatable bonds is 6. The monoisotopic (exact) mass is 331 g/mol. The molecule has 4 heteroatoms. The molecular formula is C19H22ClNO2. The molecule has 122 valence electrons. The molecule has 0 aliphatic carbocycles. The van der Waals surface area contributed by atoms with Crippen molar-refractivity contribution in [3.63, 3.8) is 0 Å². The molecule has 0 aromatic heterocycles. The minimum Gasteiger partial charge on any atom is -0.497 e. The van der Waals surface area contributed by atoms with E-state index < -0.39 is 0 Å². The van der Waals surface area contributed by atoms with E-state index in [4.69, 9.17) is 16.3 Å². The Morgan fingerprint density at radius 3 is 2.43 bits per heavy atom. The zero-order chi connectivity index (χ0) is 16.8. The van der Waals surface area contributed by atoms with Gasteiger partial charge in [0, 0.05) is 10.6 Å². The number of amides is 1. The number of benzene rings is 2. The largest absolute Gasteiger partial charge is 0.497 e. The molecule has 1 amide bonds. The van der Waals surface area contributed by atoms with Crippen molar-refractivity contribution >= 4 is 17.5 Å². The van der Waals surface area contributed by atoms with Gasteiger partial charge in [-0.1, -0.05) is 43.6 Å². The molecule has 0 aliphatic rings. The van der Waals surface area contributed by atoms with Crippen LogP contribution in [0.5, 0.6) is 5.75 Å². The first-order chi connectivity index (χ1) is 11.0. The lowest BCUT2D eigenvalue weighted by Gasteiger charge is -2.21. The zero-order valence-electron chi connectivity index (χ0n) is 13.7. The summed E-state index contributed by atoms with van der Waals surface area (Å²) in [7, 11) is 1.64. The Kier molecular flexibility index (Phi) is 6.05. The number of methoxy groups -OCH3 is 1. The standard InChI is InChI=1S/C19H22ClNO2/c1-13(2)11-18(14-7-9-17(23-3)10-8-14)21-19(22)15-5-4-6-16(20)12-15/h4-10,12-13,18H,11H2,1-3H3,(H,21,22). The van der Waals surface area contributed by atoms with Gasteiger partial charge in [-0.25, -0.2) is 0 Å². The Labute approximate surface area is 142 Å². The first kappa shape index (κ1) is 17.4. The quantitative estimate of drug-likeness (QED) is 0.820. The number of carbonyl (C=O) groups excluding carboxylic acids is 1. The third-order valence-corrected chi connectivity index (χ3v) is 3.85. The van der Waals surface area contributed by atoms with Gasteiger partial charge in [0.2, 0.25) is 0 Å². The molecule has 0 aliphatic heterocycles. The Morgan fingerprint density at radius 1 is 1.17 bits per heavy atom. The summed E-state index contributed by atoms with van der Waals surface area (Å²) in [5.41, 5.74) is 1.63. The molecule has 0 saturated heterocycles. The molecule has 0 saturated carbocycles. The molecule has 23 heavy (non-hydrogen) atoms. The molecule has 1 atom stereocenters. The summed E-state index contributed by atoms with van der Waals surface area (Å²) in [6.45, 7) is 4.28. The van der Waals surface area contributed by atoms with Crippen LogP contribution in [0.1, 0.15) is 42.2 Å². The average Bonchev–Trinajstić information content (AvgIpc) is 2.54. The summed E-state index contributed by atoms with van der Waals surface area (Å²) in [5, 5.41) is 3.67. The van der Waals surface area contributed by atoms with E-state index in [1.807, 2.05) is 24.3 Å². The van der Waals surface area contributed by atoms with Gasteiger partial charge in [0.25, 0.3) is 5.91 Å². The van der Waals surface area contributed by atoms with Crippen molar-refractivity contribution in [1.82, 2.24) is 5.32 Å². The number of hydrogen-bond donors (Lipinski definition) is 1. The molecule has 2 aromatic carbocycles. The normalized spacial score (nSPS) is 12.0. The molecule has 3 nitrogen and oxygen atoms in total. The summed E-state index contributed by atoms with van der Waals surface area (Å²) in [6, 6.07) is 14.7. The minimum absolute atomic E-state index is 0.0487. The maximum atomic E-state index is 12.5. The van der Waals surface area contributed by atoms with Gasteiger partial charge in [-0.3, -0.25) is 4.79 Å². The van der Waals surface area contributed by atoms with E-state index in [0.717, 1.165) is 17.7 Å². The van der Waals surface area contributed by atoms with E-state index in [1.54, 1.807) is 31.4 Å². The molecule has 0 heterocycles. The first-order valence-corrected chi connectivity index (χ1v) is 8.07. The molecule has 0 spiro atoms. The van der Waals surface area contributed by atoms with Gasteiger partial charge < -0.3 is 10.1 Å². The molecule has 2 rings (SSSR count). The highest BCUT2D eigenvalue weighted by Crippen LogP contribution is 2.24. The van der Waals surface area contributed by atoms with Gasteiger partial charge in [0.1, 0.15) is 5.75 Å². The summed E-state index contributed by atoms with van der Waals surface area (Å²) in [6.07, 6.45) is 0.860. The fraction of sp³-hybridized carbons (Fsp3) is 0.316. The van der Waals surface area contributed by atoms with Crippen molar-refractivity contribution in [2.24, 2.45) is 5.92 Å². The van der Waals surface area contributed by atoms with Crippen LogP contribution < -0.4 is 10.1 Å². The average molecular weight is 332 g/mol. The lowest BCUT2D eigenvalue weighted by molar-refractivity contribution is 0.0932. The second kappa shape index (κ2) is 8.02. The van der Waals surface area contributed by atoms with E-state index in [9.17, 15) is 4.79 Å². The summed E-state index contributed by atoms with van der Waals surface area (Å²) < 4.78 is 5.19. The van der Waals surface area contributed by atoms with Crippen molar-refractivity contribution in [1.29, 1.82) is 0 Å². The molecule has 1 unspecified atom stereocenters. The Balaban J connectivity index is 2.19. The molecular weight excluding hydrogens is 310 g/mol. The van der Waals surface area contributed by atoms with Gasteiger partial charge in [-0.05, 0) is 48.2 Å². The van der Waals surface area contributed by atoms with E-state index in [1.165, 1.54) is 0 Å². The van der Waals surface area contributed by atoms with Crippen molar-refractivity contribution in [3.05, 3.63) is 64.7 Å². The third kappa shape index (κ3) is 5.00. The predicted molar refractivity (Wildman–Crippen MR) is 94.1 cm³/mol. The van der Waals surface area contributed by atoms with Gasteiger partial charge in [-0.15, -0.1) is 0 Å². The SMILES string of the molecule is COc1ccc(C(CC(C)C)NC(=O)c2cccc(Cl)c2)cc1. The van der Waals surface area contributed by atoms with Crippen LogP contribution in [0.15, 0.2) is 48.5 Å². The van der Waals surface area contributed by atoms with Crippen LogP contribution in [0.3, 0.4) is 0 Å². The Morgan fingerprint density at radius 2 is 1.87 bits per heavy atom. The zero-order valence-corrected chi connectivity index (χ0v) is 14.4. The number of halogens is 1. The highest BCUT2D eigenvalue weighted by atomic mass is 35.5. The number of ether oxygens (including phenoxy) is 1. The smallest absolute Gasteiger partial charge is 0.251 e. The Hall–Kier alpha value is -2.00. The fourth-order valence-corrected chi connectivity index (χ4v) is 2.65. The molecule has 0 radical (unpaired) electrons. The van der Waals surface area contributed by atoms with Crippen molar-refractivity contribution in [2.75, 3.05) is 7.11 Å². The predicted octanol–water partition coefficient (Wildman–Crippen LogP) is 4.87. The molecule has 0 fully saturated rings. The highest BCUT2D eigenvalue weighted by Gasteiger charge is 2.17. The van der Waals surface area contributed by atoms with Crippen LogP contribution in [-0.4, -0.2) is 13.0 Å². The van der Waals surface area contributed by atoms with Crippen molar-refractivity contribution in [2.45, 2.75) is 26.3 Å². The summed E-state index contributed by atoms with van der Waals surface area (Å²) >= 11 is 5.97. The number of hydrogen-bond acceptors (Lipinski definition) is 2. The maximum absolute atomic E-state index is 12.5. The highest BCUT2D eigenvalue weighted by molar-refractivity contribution is 6.30. The molecule has 0 bridgehead atoms. The van der Waals surface area contributed by atoms with Crippen molar-refractivity contribution < 1.29 is 9.53 Å². The Bertz CT molecular complexity index is 653. The number of carbonyl (C=O) groups is 1. The van der Waals surface area contributed by atoms with Crippen LogP contribution in [0.25, 0.3) is 0 Å². The van der Waals surface area contributed by atoms with Gasteiger partial charge in [-0.2, -0.15) is 0 Å². The lowest BCUT2D eigenvalue weighted by atomic mass is 9.96. The van der Waals surface area contributed by atoms with Gasteiger partial charge in [0.15, 0.2) is 0 Å². The van der Waals surface area contributed by atoms with E-state index in [2.05, 4.69) is 19.2 Å². The summed E-state index contributed by atoms with van der Waals surface area (Å²) in [5.74, 6) is 1.15. The lowest BCUT2D eigenvalue weighted by Crippen LogP contribution is -2.29. The van der Waals surface area contributed by atoms with Crippen molar-refractivity contribution in [3.8, 4) is 5.75 Å². The van der Waals surface area contributed by atoms with Gasteiger partial charge >= 0.3 is 0 Å². The van der Waals surface area contributed by atoms with Crippen LogP contribution in [0.2, 0.25) is 5.02 Å². The van der Waals surface area contributed by atoms with E-state index in [-0.39, 0.29) is 11.9 Å². The van der Waals surface area contributed by atoms with E-state index in [0.29, 0.717) is 16.5 Å². The maximum Gasteiger partial charge on any atom is 0.251 e. The van der Waals surface area contributed by atoms with Crippen LogP contribution in [0, 0.1) is 5.92 Å². The van der Waals surface area contributed by atoms with Crippen LogP contribution in [-0.2, 0) is 0 Å². The second-order valence-electron chi connectivity index (χ2n) is 5.94. The topological polar surface area (TPSA) is 38.3 Å². The third-order valence-electron chi connectivity index (χ3n) is 3.62. The van der Waals surface area contributed by atoms with Crippen LogP contribution in [0.4, 0.5) is 0 Å². The fourth-order valence-electron chi connectivity index (χ4n) is 2.46. The summed E-state index contributed by atoms with van der Waals surface area (Å²) in [4.78, 5) is 12.5. The second-order valence-corrected chi connectivity index (χ2v) is 6.38. The first-order valence-electron chi connectivity index (χ1n) is 7.70. The van der Waals surface area contributed by atoms with Crippen LogP contribution >= 0.6 is 11.6 Å². The number of nitrogens with one attached hydrogen (secondary N) is 1.